The van der Waals surface area contributed by atoms with Crippen molar-refractivity contribution in [2.45, 2.75) is 6.92 Å². The van der Waals surface area contributed by atoms with E-state index in [1.807, 2.05) is 13.0 Å². The summed E-state index contributed by atoms with van der Waals surface area (Å²) in [5, 5.41) is 3.45. The maximum atomic E-state index is 11.7. The molecule has 0 aliphatic carbocycles. The number of pyridine rings is 1. The molecule has 0 aliphatic rings. The number of benzene rings is 1. The molecule has 1 amide bonds. The van der Waals surface area contributed by atoms with E-state index in [2.05, 4.69) is 10.3 Å². The van der Waals surface area contributed by atoms with Crippen molar-refractivity contribution >= 4 is 34.9 Å². The van der Waals surface area contributed by atoms with Crippen LogP contribution in [0.4, 0.5) is 5.82 Å². The Morgan fingerprint density at radius 3 is 2.70 bits per heavy atom. The average molecular weight is 311 g/mol. The van der Waals surface area contributed by atoms with Crippen molar-refractivity contribution in [1.29, 1.82) is 0 Å². The third-order valence-corrected chi connectivity index (χ3v) is 3.18. The van der Waals surface area contributed by atoms with E-state index in [0.717, 1.165) is 5.56 Å². The van der Waals surface area contributed by atoms with Crippen LogP contribution >= 0.6 is 23.2 Å². The van der Waals surface area contributed by atoms with Gasteiger partial charge in [-0.05, 0) is 30.7 Å². The van der Waals surface area contributed by atoms with Crippen LogP contribution < -0.4 is 10.1 Å². The lowest BCUT2D eigenvalue weighted by atomic mass is 10.3. The van der Waals surface area contributed by atoms with Gasteiger partial charge in [-0.25, -0.2) is 4.98 Å². The van der Waals surface area contributed by atoms with Crippen LogP contribution in [0.25, 0.3) is 0 Å². The molecule has 1 aromatic carbocycles. The summed E-state index contributed by atoms with van der Waals surface area (Å²) in [6, 6.07) is 8.40. The fourth-order valence-electron chi connectivity index (χ4n) is 1.44. The normalized spacial score (nSPS) is 10.2. The maximum absolute atomic E-state index is 11.7. The second-order valence-corrected chi connectivity index (χ2v) is 4.95. The van der Waals surface area contributed by atoms with Crippen molar-refractivity contribution in [3.63, 3.8) is 0 Å². The Kier molecular flexibility index (Phi) is 4.82. The highest BCUT2D eigenvalue weighted by molar-refractivity contribution is 6.42. The predicted molar refractivity (Wildman–Crippen MR) is 79.6 cm³/mol. The second kappa shape index (κ2) is 6.59. The highest BCUT2D eigenvalue weighted by atomic mass is 35.5. The molecule has 1 heterocycles. The molecule has 0 unspecified atom stereocenters. The number of hydrogen-bond acceptors (Lipinski definition) is 3. The van der Waals surface area contributed by atoms with E-state index < -0.39 is 0 Å². The Morgan fingerprint density at radius 1 is 1.25 bits per heavy atom. The third-order valence-electron chi connectivity index (χ3n) is 2.44. The lowest BCUT2D eigenvalue weighted by Gasteiger charge is -2.07. The molecule has 20 heavy (non-hydrogen) atoms. The lowest BCUT2D eigenvalue weighted by Crippen LogP contribution is -2.20. The summed E-state index contributed by atoms with van der Waals surface area (Å²) in [5.41, 5.74) is 1.02. The summed E-state index contributed by atoms with van der Waals surface area (Å²) in [4.78, 5) is 15.8. The molecule has 0 aliphatic heterocycles. The standard InChI is InChI=1S/C14H12Cl2N2O2/c1-9-2-5-13(17-7-9)18-14(19)8-20-10-3-4-11(15)12(16)6-10/h2-7H,8H2,1H3,(H,17,18,19). The lowest BCUT2D eigenvalue weighted by molar-refractivity contribution is -0.118. The van der Waals surface area contributed by atoms with Crippen LogP contribution in [0.15, 0.2) is 36.5 Å². The van der Waals surface area contributed by atoms with E-state index in [1.54, 1.807) is 30.5 Å². The van der Waals surface area contributed by atoms with Crippen molar-refractivity contribution in [2.24, 2.45) is 0 Å². The molecule has 1 aromatic heterocycles. The molecule has 0 radical (unpaired) electrons. The topological polar surface area (TPSA) is 51.2 Å². The second-order valence-electron chi connectivity index (χ2n) is 4.13. The zero-order chi connectivity index (χ0) is 14.5. The quantitative estimate of drug-likeness (QED) is 0.936. The van der Waals surface area contributed by atoms with E-state index in [4.69, 9.17) is 27.9 Å². The minimum Gasteiger partial charge on any atom is -0.484 e. The SMILES string of the molecule is Cc1ccc(NC(=O)COc2ccc(Cl)c(Cl)c2)nc1. The first-order chi connectivity index (χ1) is 9.54. The highest BCUT2D eigenvalue weighted by Crippen LogP contribution is 2.26. The molecule has 104 valence electrons. The Balaban J connectivity index is 1.88. The summed E-state index contributed by atoms with van der Waals surface area (Å²) in [5.74, 6) is 0.664. The minimum atomic E-state index is -0.299. The van der Waals surface area contributed by atoms with Gasteiger partial charge in [0.2, 0.25) is 0 Å². The molecule has 6 heteroatoms. The van der Waals surface area contributed by atoms with E-state index in [1.165, 1.54) is 0 Å². The monoisotopic (exact) mass is 310 g/mol. The number of nitrogens with one attached hydrogen (secondary N) is 1. The molecule has 0 atom stereocenters. The molecule has 0 saturated carbocycles. The van der Waals surface area contributed by atoms with Gasteiger partial charge in [-0.3, -0.25) is 4.79 Å². The molecule has 0 bridgehead atoms. The fourth-order valence-corrected chi connectivity index (χ4v) is 1.72. The number of amides is 1. The smallest absolute Gasteiger partial charge is 0.263 e. The van der Waals surface area contributed by atoms with Crippen LogP contribution in [0.3, 0.4) is 0 Å². The Bertz CT molecular complexity index is 615. The Labute approximate surface area is 126 Å². The Hall–Kier alpha value is -1.78. The number of rotatable bonds is 4. The van der Waals surface area contributed by atoms with Gasteiger partial charge >= 0.3 is 0 Å². The van der Waals surface area contributed by atoms with Crippen LogP contribution in [0, 0.1) is 6.92 Å². The zero-order valence-corrected chi connectivity index (χ0v) is 12.2. The van der Waals surface area contributed by atoms with Crippen molar-refractivity contribution in [3.8, 4) is 5.75 Å². The van der Waals surface area contributed by atoms with Gasteiger partial charge in [-0.15, -0.1) is 0 Å². The number of aryl methyl sites for hydroxylation is 1. The summed E-state index contributed by atoms with van der Waals surface area (Å²) in [6.07, 6.45) is 1.68. The summed E-state index contributed by atoms with van der Waals surface area (Å²) in [6.45, 7) is 1.79. The largest absolute Gasteiger partial charge is 0.484 e. The summed E-state index contributed by atoms with van der Waals surface area (Å²) < 4.78 is 5.32. The van der Waals surface area contributed by atoms with Crippen molar-refractivity contribution in [2.75, 3.05) is 11.9 Å². The van der Waals surface area contributed by atoms with E-state index in [0.29, 0.717) is 21.6 Å². The predicted octanol–water partition coefficient (Wildman–Crippen LogP) is 3.71. The number of aromatic nitrogens is 1. The molecule has 2 aromatic rings. The maximum Gasteiger partial charge on any atom is 0.263 e. The first kappa shape index (κ1) is 14.6. The zero-order valence-electron chi connectivity index (χ0n) is 10.7. The van der Waals surface area contributed by atoms with Crippen LogP contribution in [0.5, 0.6) is 5.75 Å². The van der Waals surface area contributed by atoms with Gasteiger partial charge in [0, 0.05) is 12.3 Å². The number of halogens is 2. The van der Waals surface area contributed by atoms with Gasteiger partial charge < -0.3 is 10.1 Å². The van der Waals surface area contributed by atoms with Gasteiger partial charge in [0.15, 0.2) is 6.61 Å². The summed E-state index contributed by atoms with van der Waals surface area (Å²) >= 11 is 11.6. The number of ether oxygens (including phenoxy) is 1. The molecule has 0 fully saturated rings. The number of hydrogen-bond donors (Lipinski definition) is 1. The molecule has 0 saturated heterocycles. The number of carbonyl (C=O) groups excluding carboxylic acids is 1. The minimum absolute atomic E-state index is 0.131. The van der Waals surface area contributed by atoms with Gasteiger partial charge in [-0.2, -0.15) is 0 Å². The van der Waals surface area contributed by atoms with E-state index in [9.17, 15) is 4.79 Å². The van der Waals surface area contributed by atoms with Gasteiger partial charge in [0.1, 0.15) is 11.6 Å². The van der Waals surface area contributed by atoms with Crippen LogP contribution in [-0.2, 0) is 4.79 Å². The van der Waals surface area contributed by atoms with Crippen LogP contribution in [0.1, 0.15) is 5.56 Å². The van der Waals surface area contributed by atoms with Crippen molar-refractivity contribution in [1.82, 2.24) is 4.98 Å². The van der Waals surface area contributed by atoms with Crippen LogP contribution in [0.2, 0.25) is 10.0 Å². The van der Waals surface area contributed by atoms with Gasteiger partial charge in [-0.1, -0.05) is 29.3 Å². The van der Waals surface area contributed by atoms with Crippen LogP contribution in [-0.4, -0.2) is 17.5 Å². The van der Waals surface area contributed by atoms with E-state index >= 15 is 0 Å². The van der Waals surface area contributed by atoms with Gasteiger partial charge in [0.05, 0.1) is 10.0 Å². The Morgan fingerprint density at radius 2 is 2.05 bits per heavy atom. The van der Waals surface area contributed by atoms with Crippen molar-refractivity contribution in [3.05, 3.63) is 52.1 Å². The number of anilines is 1. The number of nitrogens with zero attached hydrogens (tertiary/aromatic N) is 1. The van der Waals surface area contributed by atoms with E-state index in [-0.39, 0.29) is 12.5 Å². The molecule has 4 nitrogen and oxygen atoms in total. The fraction of sp³-hybridized carbons (Fsp3) is 0.143. The molecular weight excluding hydrogens is 299 g/mol. The number of carbonyl (C=O) groups is 1. The first-order valence-corrected chi connectivity index (χ1v) is 6.60. The van der Waals surface area contributed by atoms with Crippen molar-refractivity contribution < 1.29 is 9.53 Å². The van der Waals surface area contributed by atoms with Gasteiger partial charge in [0.25, 0.3) is 5.91 Å². The third kappa shape index (κ3) is 4.11. The molecule has 0 spiro atoms. The average Bonchev–Trinajstić information content (AvgIpc) is 2.43. The summed E-state index contributed by atoms with van der Waals surface area (Å²) in [7, 11) is 0. The molecule has 2 rings (SSSR count). The highest BCUT2D eigenvalue weighted by Gasteiger charge is 2.06. The molecular formula is C14H12Cl2N2O2. The first-order valence-electron chi connectivity index (χ1n) is 5.85. The molecule has 1 N–H and O–H groups in total.